The highest BCUT2D eigenvalue weighted by atomic mass is 35.5. The van der Waals surface area contributed by atoms with E-state index in [0.717, 1.165) is 12.0 Å². The van der Waals surface area contributed by atoms with Gasteiger partial charge in [-0.1, -0.05) is 47.5 Å². The summed E-state index contributed by atoms with van der Waals surface area (Å²) in [7, 11) is 1.65. The number of carbonyl (C=O) groups excluding carboxylic acids is 1. The lowest BCUT2D eigenvalue weighted by molar-refractivity contribution is -0.167. The van der Waals surface area contributed by atoms with E-state index >= 15 is 0 Å². The molecule has 0 radical (unpaired) electrons. The smallest absolute Gasteiger partial charge is 0.226 e. The van der Waals surface area contributed by atoms with Gasteiger partial charge in [-0.2, -0.15) is 0 Å². The lowest BCUT2D eigenvalue weighted by Crippen LogP contribution is -2.55. The summed E-state index contributed by atoms with van der Waals surface area (Å²) >= 11 is 13.0. The first-order valence-electron chi connectivity index (χ1n) is 12.8. The van der Waals surface area contributed by atoms with Crippen molar-refractivity contribution >= 4 is 29.1 Å². The first kappa shape index (κ1) is 28.3. The van der Waals surface area contributed by atoms with Crippen LogP contribution in [0.3, 0.4) is 0 Å². The van der Waals surface area contributed by atoms with E-state index in [0.29, 0.717) is 66.6 Å². The zero-order valence-electron chi connectivity index (χ0n) is 21.1. The minimum Gasteiger partial charge on any atom is -0.391 e. The van der Waals surface area contributed by atoms with Crippen LogP contribution in [0.15, 0.2) is 42.5 Å². The molecule has 0 spiro atoms. The fraction of sp³-hybridized carbons (Fsp3) is 0.536. The highest BCUT2D eigenvalue weighted by Gasteiger charge is 2.45. The molecule has 0 aromatic heterocycles. The van der Waals surface area contributed by atoms with Crippen molar-refractivity contribution in [3.63, 3.8) is 0 Å². The number of hydrogen-bond donors (Lipinski definition) is 3. The van der Waals surface area contributed by atoms with Crippen LogP contribution in [0.5, 0.6) is 0 Å². The molecule has 2 aliphatic rings. The molecule has 2 aromatic rings. The number of aliphatic hydroxyl groups excluding tert-OH is 1. The number of nitrogens with two attached hydrogens (primary N) is 1. The Labute approximate surface area is 228 Å². The number of morpholine rings is 1. The lowest BCUT2D eigenvalue weighted by Gasteiger charge is -2.44. The minimum absolute atomic E-state index is 0.0526. The van der Waals surface area contributed by atoms with Crippen LogP contribution < -0.4 is 5.73 Å². The van der Waals surface area contributed by atoms with Gasteiger partial charge in [-0.05, 0) is 61.4 Å². The summed E-state index contributed by atoms with van der Waals surface area (Å²) in [5.41, 5.74) is 6.66. The van der Waals surface area contributed by atoms with Crippen LogP contribution in [-0.2, 0) is 19.9 Å². The van der Waals surface area contributed by atoms with E-state index in [-0.39, 0.29) is 18.4 Å². The van der Waals surface area contributed by atoms with E-state index in [1.165, 1.54) is 0 Å². The monoisotopic (exact) mass is 550 g/mol. The first-order valence-corrected chi connectivity index (χ1v) is 13.6. The Morgan fingerprint density at radius 2 is 2.00 bits per heavy atom. The fourth-order valence-corrected chi connectivity index (χ4v) is 6.05. The second kappa shape index (κ2) is 12.4. The van der Waals surface area contributed by atoms with Crippen LogP contribution in [0.2, 0.25) is 10.0 Å². The summed E-state index contributed by atoms with van der Waals surface area (Å²) in [6.45, 7) is 1.52. The highest BCUT2D eigenvalue weighted by Crippen LogP contribution is 2.43. The van der Waals surface area contributed by atoms with Gasteiger partial charge < -0.3 is 30.3 Å². The molecule has 1 saturated carbocycles. The molecule has 37 heavy (non-hydrogen) atoms. The van der Waals surface area contributed by atoms with Gasteiger partial charge in [-0.25, -0.2) is 0 Å². The van der Waals surface area contributed by atoms with E-state index in [1.807, 2.05) is 30.3 Å². The van der Waals surface area contributed by atoms with Crippen molar-refractivity contribution in [2.45, 2.75) is 56.0 Å². The van der Waals surface area contributed by atoms with Gasteiger partial charge in [0.25, 0.3) is 0 Å². The molecule has 9 heteroatoms. The maximum atomic E-state index is 13.3. The number of nitrogens with zero attached hydrogens (tertiary/aromatic N) is 1. The van der Waals surface area contributed by atoms with E-state index < -0.39 is 23.9 Å². The average molecular weight is 552 g/mol. The van der Waals surface area contributed by atoms with Gasteiger partial charge in [0, 0.05) is 47.8 Å². The van der Waals surface area contributed by atoms with Gasteiger partial charge in [-0.15, -0.1) is 0 Å². The van der Waals surface area contributed by atoms with E-state index in [1.54, 1.807) is 24.1 Å². The molecule has 7 nitrogen and oxygen atoms in total. The molecule has 5 atom stereocenters. The van der Waals surface area contributed by atoms with Crippen molar-refractivity contribution < 1.29 is 24.5 Å². The average Bonchev–Trinajstić information content (AvgIpc) is 3.23. The molecule has 1 saturated heterocycles. The van der Waals surface area contributed by atoms with Crippen LogP contribution in [0.25, 0.3) is 11.1 Å². The molecule has 1 unspecified atom stereocenters. The number of ether oxygens (including phenoxy) is 2. The predicted molar refractivity (Wildman–Crippen MR) is 145 cm³/mol. The maximum Gasteiger partial charge on any atom is 0.226 e. The quantitative estimate of drug-likeness (QED) is 0.407. The second-order valence-corrected chi connectivity index (χ2v) is 10.9. The lowest BCUT2D eigenvalue weighted by atomic mass is 9.79. The van der Waals surface area contributed by atoms with Gasteiger partial charge in [-0.3, -0.25) is 4.79 Å². The summed E-state index contributed by atoms with van der Waals surface area (Å²) < 4.78 is 11.4. The van der Waals surface area contributed by atoms with Gasteiger partial charge in [0.2, 0.25) is 5.91 Å². The third-order valence-electron chi connectivity index (χ3n) is 7.59. The van der Waals surface area contributed by atoms with Gasteiger partial charge >= 0.3 is 0 Å². The van der Waals surface area contributed by atoms with E-state index in [9.17, 15) is 15.0 Å². The standard InChI is InChI=1S/C28H36Cl2N2O5/c1-36-12-3-2-10-28(35,21-8-5-9-22(30)26(21)18-6-4-7-20(29)14-18)25-17-32(11-13-37-25)27(34)19-15-23(31)24(33)16-19/h4-9,14,19,23-25,33,35H,2-3,10-13,15-17,31H2,1H3/t19-,23+,24-,25+,28?/m0/s1. The first-order chi connectivity index (χ1) is 17.7. The number of rotatable bonds is 9. The Hall–Kier alpha value is -1.71. The summed E-state index contributed by atoms with van der Waals surface area (Å²) in [5, 5.41) is 23.6. The Kier molecular flexibility index (Phi) is 9.51. The molecule has 4 rings (SSSR count). The van der Waals surface area contributed by atoms with Crippen molar-refractivity contribution in [1.29, 1.82) is 0 Å². The summed E-state index contributed by atoms with van der Waals surface area (Å²) in [6.07, 6.45) is 1.30. The number of halogens is 2. The fourth-order valence-electron chi connectivity index (χ4n) is 5.58. The van der Waals surface area contributed by atoms with Crippen LogP contribution in [0, 0.1) is 5.92 Å². The van der Waals surface area contributed by atoms with Crippen LogP contribution in [-0.4, -0.2) is 72.7 Å². The number of amides is 1. The largest absolute Gasteiger partial charge is 0.391 e. The number of carbonyl (C=O) groups is 1. The predicted octanol–water partition coefficient (Wildman–Crippen LogP) is 3.99. The summed E-state index contributed by atoms with van der Waals surface area (Å²) in [4.78, 5) is 15.1. The Balaban J connectivity index is 1.68. The normalized spacial score (nSPS) is 25.7. The zero-order valence-corrected chi connectivity index (χ0v) is 22.6. The molecule has 0 bridgehead atoms. The van der Waals surface area contributed by atoms with Crippen LogP contribution >= 0.6 is 23.2 Å². The van der Waals surface area contributed by atoms with E-state index in [2.05, 4.69) is 0 Å². The Morgan fingerprint density at radius 1 is 1.22 bits per heavy atom. The van der Waals surface area contributed by atoms with Crippen LogP contribution in [0.1, 0.15) is 37.7 Å². The van der Waals surface area contributed by atoms with Crippen molar-refractivity contribution in [3.8, 4) is 11.1 Å². The maximum absolute atomic E-state index is 13.3. The molecule has 4 N–H and O–H groups in total. The number of aliphatic hydroxyl groups is 2. The minimum atomic E-state index is -1.43. The van der Waals surface area contributed by atoms with Crippen molar-refractivity contribution in [2.24, 2.45) is 11.7 Å². The second-order valence-electron chi connectivity index (χ2n) is 10.1. The van der Waals surface area contributed by atoms with Crippen molar-refractivity contribution in [2.75, 3.05) is 33.4 Å². The topological polar surface area (TPSA) is 105 Å². The molecule has 1 heterocycles. The van der Waals surface area contributed by atoms with E-state index in [4.69, 9.17) is 38.4 Å². The van der Waals surface area contributed by atoms with Crippen LogP contribution in [0.4, 0.5) is 0 Å². The SMILES string of the molecule is COCCCCC(O)(c1cccc(Cl)c1-c1cccc(Cl)c1)[C@H]1CN(C(=O)[C@H]2C[C@@H](N)[C@@H](O)C2)CCO1. The molecular weight excluding hydrogens is 515 g/mol. The molecule has 1 amide bonds. The summed E-state index contributed by atoms with van der Waals surface area (Å²) in [5.74, 6) is -0.380. The molecule has 2 fully saturated rings. The molecule has 1 aliphatic carbocycles. The number of unbranched alkanes of at least 4 members (excludes halogenated alkanes) is 1. The molecule has 202 valence electrons. The summed E-state index contributed by atoms with van der Waals surface area (Å²) in [6, 6.07) is 12.5. The molecular formula is C28H36Cl2N2O5. The third kappa shape index (κ3) is 6.31. The van der Waals surface area contributed by atoms with Crippen molar-refractivity contribution in [1.82, 2.24) is 4.90 Å². The highest BCUT2D eigenvalue weighted by molar-refractivity contribution is 6.34. The molecule has 2 aromatic carbocycles. The van der Waals surface area contributed by atoms with Crippen molar-refractivity contribution in [3.05, 3.63) is 58.1 Å². The Morgan fingerprint density at radius 3 is 2.70 bits per heavy atom. The van der Waals surface area contributed by atoms with Gasteiger partial charge in [0.05, 0.1) is 19.3 Å². The van der Waals surface area contributed by atoms with Gasteiger partial charge in [0.15, 0.2) is 0 Å². The molecule has 1 aliphatic heterocycles. The third-order valence-corrected chi connectivity index (χ3v) is 8.14. The number of benzene rings is 2. The van der Waals surface area contributed by atoms with Gasteiger partial charge in [0.1, 0.15) is 11.7 Å². The Bertz CT molecular complexity index is 1080. The number of methoxy groups -OCH3 is 1. The zero-order chi connectivity index (χ0) is 26.6. The number of hydrogen-bond acceptors (Lipinski definition) is 6.